The zero-order chi connectivity index (χ0) is 22.0. The Hall–Kier alpha value is -2.46. The lowest BCUT2D eigenvalue weighted by molar-refractivity contribution is 0.00696. The van der Waals surface area contributed by atoms with Crippen LogP contribution in [0.15, 0.2) is 42.6 Å². The summed E-state index contributed by atoms with van der Waals surface area (Å²) in [5.74, 6) is -0.226. The van der Waals surface area contributed by atoms with Gasteiger partial charge in [0.15, 0.2) is 0 Å². The molecule has 7 heteroatoms. The number of likely N-dealkylation sites (tertiary alicyclic amines) is 1. The van der Waals surface area contributed by atoms with Crippen LogP contribution < -0.4 is 0 Å². The van der Waals surface area contributed by atoms with E-state index in [9.17, 15) is 4.39 Å². The molecule has 1 aliphatic heterocycles. The van der Waals surface area contributed by atoms with Crippen molar-refractivity contribution in [3.63, 3.8) is 0 Å². The topological polar surface area (TPSA) is 54.1 Å². The first-order valence-electron chi connectivity index (χ1n) is 10.5. The molecule has 0 bridgehead atoms. The first-order valence-corrected chi connectivity index (χ1v) is 10.9. The van der Waals surface area contributed by atoms with Gasteiger partial charge in [-0.25, -0.2) is 4.39 Å². The fraction of sp³-hybridized carbons (Fsp3) is 0.417. The van der Waals surface area contributed by atoms with E-state index in [0.29, 0.717) is 11.6 Å². The van der Waals surface area contributed by atoms with Gasteiger partial charge in [0.25, 0.3) is 0 Å². The highest BCUT2D eigenvalue weighted by molar-refractivity contribution is 6.31. The first-order chi connectivity index (χ1) is 14.9. The molecule has 3 aromatic rings. The number of piperidine rings is 1. The predicted octanol–water partition coefficient (Wildman–Crippen LogP) is 5.09. The number of halogens is 2. The van der Waals surface area contributed by atoms with Crippen LogP contribution in [0.2, 0.25) is 5.02 Å². The predicted molar refractivity (Wildman–Crippen MR) is 120 cm³/mol. The van der Waals surface area contributed by atoms with Gasteiger partial charge >= 0.3 is 0 Å². The minimum absolute atomic E-state index is 0.160. The number of benzene rings is 2. The van der Waals surface area contributed by atoms with Gasteiger partial charge in [-0.05, 0) is 69.7 Å². The Kier molecular flexibility index (Phi) is 6.29. The van der Waals surface area contributed by atoms with Crippen molar-refractivity contribution in [3.05, 3.63) is 64.6 Å². The molecule has 1 fully saturated rings. The second-order valence-electron chi connectivity index (χ2n) is 8.46. The smallest absolute Gasteiger partial charge is 0.128 e. The molecule has 0 aliphatic carbocycles. The molecule has 0 amide bonds. The molecule has 1 atom stereocenters. The Labute approximate surface area is 187 Å². The van der Waals surface area contributed by atoms with Gasteiger partial charge < -0.3 is 9.64 Å². The molecule has 2 aromatic carbocycles. The normalized spacial score (nSPS) is 17.5. The van der Waals surface area contributed by atoms with E-state index in [1.165, 1.54) is 12.1 Å². The summed E-state index contributed by atoms with van der Waals surface area (Å²) in [5, 5.41) is 15.1. The molecule has 0 N–H and O–H groups in total. The standard InChI is InChI=1S/C24H26ClFN4O/c1-17(22-14-20(25)13-18-15-30(12-9-27)28-23(18)22)31-16-24(7-10-29(2)11-8-24)19-3-5-21(26)6-4-19/h3-6,13-15,17H,7-8,10-12,16H2,1-2H3/t17-/m1/s1. The maximum atomic E-state index is 13.5. The molecule has 4 rings (SSSR count). The van der Waals surface area contributed by atoms with Gasteiger partial charge in [0.1, 0.15) is 12.4 Å². The van der Waals surface area contributed by atoms with Crippen molar-refractivity contribution in [1.82, 2.24) is 14.7 Å². The number of hydrogen-bond donors (Lipinski definition) is 0. The first kappa shape index (κ1) is 21.8. The number of rotatable bonds is 6. The minimum atomic E-state index is -0.233. The van der Waals surface area contributed by atoms with E-state index in [2.05, 4.69) is 23.1 Å². The van der Waals surface area contributed by atoms with Gasteiger partial charge in [-0.3, -0.25) is 4.68 Å². The molecule has 162 valence electrons. The highest BCUT2D eigenvalue weighted by Gasteiger charge is 2.36. The van der Waals surface area contributed by atoms with Crippen molar-refractivity contribution in [1.29, 1.82) is 5.26 Å². The summed E-state index contributed by atoms with van der Waals surface area (Å²) in [6.07, 6.45) is 3.49. The van der Waals surface area contributed by atoms with Gasteiger partial charge in [-0.1, -0.05) is 23.7 Å². The van der Waals surface area contributed by atoms with E-state index >= 15 is 0 Å². The van der Waals surface area contributed by atoms with E-state index in [0.717, 1.165) is 48.0 Å². The molecule has 1 aromatic heterocycles. The van der Waals surface area contributed by atoms with E-state index in [-0.39, 0.29) is 23.9 Å². The van der Waals surface area contributed by atoms with Crippen molar-refractivity contribution in [2.24, 2.45) is 0 Å². The van der Waals surface area contributed by atoms with Crippen LogP contribution in [0.25, 0.3) is 10.9 Å². The highest BCUT2D eigenvalue weighted by Crippen LogP contribution is 2.38. The van der Waals surface area contributed by atoms with Gasteiger partial charge in [-0.15, -0.1) is 0 Å². The molecule has 5 nitrogen and oxygen atoms in total. The van der Waals surface area contributed by atoms with E-state index in [4.69, 9.17) is 21.6 Å². The maximum Gasteiger partial charge on any atom is 0.128 e. The molecule has 0 radical (unpaired) electrons. The van der Waals surface area contributed by atoms with Crippen LogP contribution in [0, 0.1) is 17.1 Å². The van der Waals surface area contributed by atoms with Crippen LogP contribution in [0.3, 0.4) is 0 Å². The Bertz CT molecular complexity index is 1100. The van der Waals surface area contributed by atoms with Crippen LogP contribution in [-0.4, -0.2) is 41.4 Å². The molecule has 31 heavy (non-hydrogen) atoms. The monoisotopic (exact) mass is 440 g/mol. The second kappa shape index (κ2) is 8.96. The van der Waals surface area contributed by atoms with Gasteiger partial charge in [0, 0.05) is 27.6 Å². The Morgan fingerprint density at radius 3 is 2.65 bits per heavy atom. The molecular weight excluding hydrogens is 415 g/mol. The number of fused-ring (bicyclic) bond motifs is 1. The summed E-state index contributed by atoms with van der Waals surface area (Å²) < 4.78 is 21.6. The fourth-order valence-electron chi connectivity index (χ4n) is 4.38. The lowest BCUT2D eigenvalue weighted by Crippen LogP contribution is -2.44. The number of aromatic nitrogens is 2. The molecule has 0 unspecified atom stereocenters. The van der Waals surface area contributed by atoms with Crippen molar-refractivity contribution in [2.75, 3.05) is 26.7 Å². The fourth-order valence-corrected chi connectivity index (χ4v) is 4.61. The minimum Gasteiger partial charge on any atom is -0.373 e. The summed E-state index contributed by atoms with van der Waals surface area (Å²) in [5.41, 5.74) is 2.66. The van der Waals surface area contributed by atoms with Crippen LogP contribution >= 0.6 is 11.6 Å². The number of hydrogen-bond acceptors (Lipinski definition) is 4. The quantitative estimate of drug-likeness (QED) is 0.535. The van der Waals surface area contributed by atoms with Crippen molar-refractivity contribution < 1.29 is 9.13 Å². The van der Waals surface area contributed by atoms with Gasteiger partial charge in [0.2, 0.25) is 0 Å². The third kappa shape index (κ3) is 4.59. The molecule has 2 heterocycles. The number of nitrogens with zero attached hydrogens (tertiary/aromatic N) is 4. The Balaban J connectivity index is 1.60. The molecule has 1 aliphatic rings. The van der Waals surface area contributed by atoms with E-state index in [1.807, 2.05) is 37.4 Å². The zero-order valence-corrected chi connectivity index (χ0v) is 18.6. The zero-order valence-electron chi connectivity index (χ0n) is 17.8. The largest absolute Gasteiger partial charge is 0.373 e. The molecular formula is C24H26ClFN4O. The van der Waals surface area contributed by atoms with Crippen LogP contribution in [0.1, 0.15) is 37.0 Å². The van der Waals surface area contributed by atoms with Crippen LogP contribution in [0.5, 0.6) is 0 Å². The van der Waals surface area contributed by atoms with Crippen LogP contribution in [-0.2, 0) is 16.7 Å². The number of nitriles is 1. The molecule has 1 saturated heterocycles. The molecule has 0 spiro atoms. The van der Waals surface area contributed by atoms with Crippen LogP contribution in [0.4, 0.5) is 4.39 Å². The summed E-state index contributed by atoms with van der Waals surface area (Å²) in [7, 11) is 2.12. The van der Waals surface area contributed by atoms with Crippen molar-refractivity contribution in [2.45, 2.75) is 37.8 Å². The number of ether oxygens (including phenoxy) is 1. The Morgan fingerprint density at radius 2 is 1.97 bits per heavy atom. The average Bonchev–Trinajstić information content (AvgIpc) is 3.16. The third-order valence-corrected chi connectivity index (χ3v) is 6.55. The summed E-state index contributed by atoms with van der Waals surface area (Å²) >= 11 is 6.36. The molecule has 0 saturated carbocycles. The van der Waals surface area contributed by atoms with Crippen molar-refractivity contribution in [3.8, 4) is 6.07 Å². The summed E-state index contributed by atoms with van der Waals surface area (Å²) in [6, 6.07) is 12.7. The highest BCUT2D eigenvalue weighted by atomic mass is 35.5. The van der Waals surface area contributed by atoms with E-state index < -0.39 is 0 Å². The van der Waals surface area contributed by atoms with E-state index in [1.54, 1.807) is 4.68 Å². The Morgan fingerprint density at radius 1 is 1.26 bits per heavy atom. The summed E-state index contributed by atoms with van der Waals surface area (Å²) in [6.45, 7) is 4.65. The van der Waals surface area contributed by atoms with Gasteiger partial charge in [0.05, 0.1) is 24.3 Å². The SMILES string of the molecule is C[C@@H](OCC1(c2ccc(F)cc2)CCN(C)CC1)c1cc(Cl)cc2cn(CC#N)nc12. The van der Waals surface area contributed by atoms with Gasteiger partial charge in [-0.2, -0.15) is 10.4 Å². The second-order valence-corrected chi connectivity index (χ2v) is 8.90. The summed E-state index contributed by atoms with van der Waals surface area (Å²) in [4.78, 5) is 2.31. The maximum absolute atomic E-state index is 13.5. The van der Waals surface area contributed by atoms with Crippen molar-refractivity contribution >= 4 is 22.5 Å². The average molecular weight is 441 g/mol. The lowest BCUT2D eigenvalue weighted by Gasteiger charge is -2.41. The lowest BCUT2D eigenvalue weighted by atomic mass is 9.73. The third-order valence-electron chi connectivity index (χ3n) is 6.33.